The van der Waals surface area contributed by atoms with Crippen molar-refractivity contribution in [2.75, 3.05) is 11.5 Å². The van der Waals surface area contributed by atoms with Crippen LogP contribution in [0.2, 0.25) is 0 Å². The fourth-order valence-corrected chi connectivity index (χ4v) is 4.02. The Hall–Kier alpha value is -1.43. The number of carbonyl (C=O) groups excluding carboxylic acids is 1. The zero-order chi connectivity index (χ0) is 14.6. The predicted molar refractivity (Wildman–Crippen MR) is 74.5 cm³/mol. The van der Waals surface area contributed by atoms with Gasteiger partial charge in [-0.25, -0.2) is 12.8 Å². The van der Waals surface area contributed by atoms with E-state index < -0.39 is 9.84 Å². The molecule has 0 spiro atoms. The number of nitrogens with one attached hydrogen (secondary N) is 1. The summed E-state index contributed by atoms with van der Waals surface area (Å²) in [5, 5.41) is 2.75. The molecule has 1 atom stereocenters. The third-order valence-corrected chi connectivity index (χ3v) is 5.18. The fourth-order valence-electron chi connectivity index (χ4n) is 2.39. The predicted octanol–water partition coefficient (Wildman–Crippen LogP) is 1.45. The summed E-state index contributed by atoms with van der Waals surface area (Å²) in [5.41, 5.74) is 0.761. The van der Waals surface area contributed by atoms with Crippen molar-refractivity contribution in [2.24, 2.45) is 0 Å². The summed E-state index contributed by atoms with van der Waals surface area (Å²) in [5.74, 6) is -0.265. The molecule has 1 aliphatic rings. The van der Waals surface area contributed by atoms with Crippen LogP contribution < -0.4 is 5.32 Å². The Morgan fingerprint density at radius 2 is 2.20 bits per heavy atom. The van der Waals surface area contributed by atoms with E-state index in [1.807, 2.05) is 0 Å². The first-order chi connectivity index (χ1) is 9.44. The van der Waals surface area contributed by atoms with Crippen LogP contribution in [0, 0.1) is 5.82 Å². The van der Waals surface area contributed by atoms with Crippen LogP contribution in [0.1, 0.15) is 24.8 Å². The molecule has 1 aliphatic heterocycles. The molecule has 1 fully saturated rings. The first kappa shape index (κ1) is 15.0. The molecule has 0 bridgehead atoms. The van der Waals surface area contributed by atoms with E-state index in [-0.39, 0.29) is 35.7 Å². The topological polar surface area (TPSA) is 63.2 Å². The SMILES string of the molecule is O=C(CCc1cccc(F)c1)N[C@@H]1CCCS(=O)(=O)C1. The van der Waals surface area contributed by atoms with Gasteiger partial charge in [0.05, 0.1) is 11.5 Å². The van der Waals surface area contributed by atoms with Crippen LogP contribution in [0.15, 0.2) is 24.3 Å². The van der Waals surface area contributed by atoms with Crippen molar-refractivity contribution in [1.82, 2.24) is 5.32 Å². The minimum atomic E-state index is -3.01. The van der Waals surface area contributed by atoms with Crippen molar-refractivity contribution in [3.8, 4) is 0 Å². The van der Waals surface area contributed by atoms with E-state index in [1.165, 1.54) is 12.1 Å². The van der Waals surface area contributed by atoms with Crippen molar-refractivity contribution < 1.29 is 17.6 Å². The van der Waals surface area contributed by atoms with Crippen LogP contribution in [-0.4, -0.2) is 31.9 Å². The lowest BCUT2D eigenvalue weighted by Crippen LogP contribution is -2.43. The van der Waals surface area contributed by atoms with Gasteiger partial charge in [-0.2, -0.15) is 0 Å². The van der Waals surface area contributed by atoms with Crippen LogP contribution in [0.25, 0.3) is 0 Å². The summed E-state index contributed by atoms with van der Waals surface area (Å²) in [6, 6.07) is 5.85. The maximum atomic E-state index is 13.0. The molecule has 1 aromatic rings. The Labute approximate surface area is 118 Å². The molecule has 0 aliphatic carbocycles. The van der Waals surface area contributed by atoms with Crippen molar-refractivity contribution >= 4 is 15.7 Å². The van der Waals surface area contributed by atoms with Gasteiger partial charge in [0.2, 0.25) is 5.91 Å². The number of benzene rings is 1. The second-order valence-corrected chi connectivity index (χ2v) is 7.38. The largest absolute Gasteiger partial charge is 0.352 e. The molecule has 110 valence electrons. The molecule has 4 nitrogen and oxygen atoms in total. The lowest BCUT2D eigenvalue weighted by atomic mass is 10.1. The van der Waals surface area contributed by atoms with Gasteiger partial charge in [0.25, 0.3) is 0 Å². The van der Waals surface area contributed by atoms with Crippen LogP contribution in [-0.2, 0) is 21.1 Å². The Bertz CT molecular complexity index is 586. The second-order valence-electron chi connectivity index (χ2n) is 5.15. The average Bonchev–Trinajstić information content (AvgIpc) is 2.35. The monoisotopic (exact) mass is 299 g/mol. The van der Waals surface area contributed by atoms with Gasteiger partial charge in [0.15, 0.2) is 9.84 Å². The van der Waals surface area contributed by atoms with Gasteiger partial charge in [-0.05, 0) is 37.0 Å². The molecular formula is C14H18FNO3S. The smallest absolute Gasteiger partial charge is 0.220 e. The molecule has 1 saturated heterocycles. The molecule has 2 rings (SSSR count). The molecule has 0 saturated carbocycles. The first-order valence-corrected chi connectivity index (χ1v) is 8.51. The summed E-state index contributed by atoms with van der Waals surface area (Å²) in [4.78, 5) is 11.8. The van der Waals surface area contributed by atoms with Crippen molar-refractivity contribution in [3.63, 3.8) is 0 Å². The summed E-state index contributed by atoms with van der Waals surface area (Å²) in [6.07, 6.45) is 1.98. The summed E-state index contributed by atoms with van der Waals surface area (Å²) >= 11 is 0. The van der Waals surface area contributed by atoms with Crippen molar-refractivity contribution in [1.29, 1.82) is 0 Å². The number of amides is 1. The molecule has 1 amide bonds. The van der Waals surface area contributed by atoms with E-state index in [0.29, 0.717) is 19.3 Å². The van der Waals surface area contributed by atoms with Crippen LogP contribution in [0.3, 0.4) is 0 Å². The lowest BCUT2D eigenvalue weighted by Gasteiger charge is -2.23. The van der Waals surface area contributed by atoms with Crippen LogP contribution in [0.4, 0.5) is 4.39 Å². The molecule has 0 radical (unpaired) electrons. The van der Waals surface area contributed by atoms with Gasteiger partial charge in [0.1, 0.15) is 5.82 Å². The molecule has 1 aromatic carbocycles. The third-order valence-electron chi connectivity index (χ3n) is 3.36. The molecule has 1 heterocycles. The van der Waals surface area contributed by atoms with Gasteiger partial charge in [-0.15, -0.1) is 0 Å². The number of hydrogen-bond donors (Lipinski definition) is 1. The molecular weight excluding hydrogens is 281 g/mol. The normalized spacial score (nSPS) is 21.4. The zero-order valence-corrected chi connectivity index (χ0v) is 12.0. The standard InChI is InChI=1S/C14H18FNO3S/c15-12-4-1-3-11(9-12)6-7-14(17)16-13-5-2-8-20(18,19)10-13/h1,3-4,9,13H,2,5-8,10H2,(H,16,17)/t13-/m1/s1. The summed E-state index contributed by atoms with van der Waals surface area (Å²) in [6.45, 7) is 0. The minimum Gasteiger partial charge on any atom is -0.352 e. The van der Waals surface area contributed by atoms with E-state index >= 15 is 0 Å². The Morgan fingerprint density at radius 3 is 2.90 bits per heavy atom. The molecule has 20 heavy (non-hydrogen) atoms. The van der Waals surface area contributed by atoms with E-state index in [4.69, 9.17) is 0 Å². The second kappa shape index (κ2) is 6.35. The number of hydrogen-bond acceptors (Lipinski definition) is 3. The number of halogens is 1. The molecule has 6 heteroatoms. The van der Waals surface area contributed by atoms with Gasteiger partial charge < -0.3 is 5.32 Å². The highest BCUT2D eigenvalue weighted by Gasteiger charge is 2.25. The Balaban J connectivity index is 1.81. The third kappa shape index (κ3) is 4.59. The molecule has 1 N–H and O–H groups in total. The average molecular weight is 299 g/mol. The number of sulfone groups is 1. The van der Waals surface area contributed by atoms with Crippen molar-refractivity contribution in [3.05, 3.63) is 35.6 Å². The first-order valence-electron chi connectivity index (χ1n) is 6.69. The maximum absolute atomic E-state index is 13.0. The van der Waals surface area contributed by atoms with E-state index in [0.717, 1.165) is 5.56 Å². The van der Waals surface area contributed by atoms with E-state index in [1.54, 1.807) is 12.1 Å². The molecule has 0 aromatic heterocycles. The van der Waals surface area contributed by atoms with E-state index in [9.17, 15) is 17.6 Å². The highest BCUT2D eigenvalue weighted by Crippen LogP contribution is 2.12. The summed E-state index contributed by atoms with van der Waals surface area (Å²) < 4.78 is 35.9. The van der Waals surface area contributed by atoms with Gasteiger partial charge >= 0.3 is 0 Å². The number of aryl methyl sites for hydroxylation is 1. The Morgan fingerprint density at radius 1 is 1.40 bits per heavy atom. The highest BCUT2D eigenvalue weighted by atomic mass is 32.2. The lowest BCUT2D eigenvalue weighted by molar-refractivity contribution is -0.121. The minimum absolute atomic E-state index is 0.0265. The maximum Gasteiger partial charge on any atom is 0.220 e. The fraction of sp³-hybridized carbons (Fsp3) is 0.500. The summed E-state index contributed by atoms with van der Waals surface area (Å²) in [7, 11) is -3.01. The molecule has 0 unspecified atom stereocenters. The number of rotatable bonds is 4. The van der Waals surface area contributed by atoms with Crippen LogP contribution in [0.5, 0.6) is 0 Å². The van der Waals surface area contributed by atoms with Crippen molar-refractivity contribution in [2.45, 2.75) is 31.7 Å². The van der Waals surface area contributed by atoms with Gasteiger partial charge in [0, 0.05) is 12.5 Å². The Kier molecular flexibility index (Phi) is 4.75. The van der Waals surface area contributed by atoms with Crippen LogP contribution >= 0.6 is 0 Å². The van der Waals surface area contributed by atoms with Gasteiger partial charge in [-0.1, -0.05) is 12.1 Å². The van der Waals surface area contributed by atoms with Gasteiger partial charge in [-0.3, -0.25) is 4.79 Å². The van der Waals surface area contributed by atoms with E-state index in [2.05, 4.69) is 5.32 Å². The number of carbonyl (C=O) groups is 1. The quantitative estimate of drug-likeness (QED) is 0.915. The highest BCUT2D eigenvalue weighted by molar-refractivity contribution is 7.91. The zero-order valence-electron chi connectivity index (χ0n) is 11.1.